The van der Waals surface area contributed by atoms with Crippen molar-refractivity contribution in [3.05, 3.63) is 28.8 Å². The van der Waals surface area contributed by atoms with E-state index >= 15 is 0 Å². The molecule has 0 bridgehead atoms. The molecule has 1 fully saturated rings. The Morgan fingerprint density at radius 3 is 2.76 bits per heavy atom. The van der Waals surface area contributed by atoms with Gasteiger partial charge in [-0.25, -0.2) is 0 Å². The summed E-state index contributed by atoms with van der Waals surface area (Å²) in [4.78, 5) is 11.8. The molecule has 17 heavy (non-hydrogen) atoms. The lowest BCUT2D eigenvalue weighted by atomic mass is 10.1. The van der Waals surface area contributed by atoms with Gasteiger partial charge in [0.1, 0.15) is 0 Å². The van der Waals surface area contributed by atoms with Crippen LogP contribution in [0.3, 0.4) is 0 Å². The summed E-state index contributed by atoms with van der Waals surface area (Å²) in [6.07, 6.45) is 1.92. The molecular formula is C12H15ClN2O2. The van der Waals surface area contributed by atoms with Gasteiger partial charge in [-0.3, -0.25) is 4.79 Å². The van der Waals surface area contributed by atoms with Crippen molar-refractivity contribution in [2.24, 2.45) is 5.41 Å². The monoisotopic (exact) mass is 254 g/mol. The molecule has 0 aromatic heterocycles. The van der Waals surface area contributed by atoms with Crippen LogP contribution < -0.4 is 11.1 Å². The molecular weight excluding hydrogens is 240 g/mol. The minimum atomic E-state index is -0.227. The Labute approximate surface area is 105 Å². The number of anilines is 1. The fourth-order valence-electron chi connectivity index (χ4n) is 1.65. The van der Waals surface area contributed by atoms with E-state index in [1.54, 1.807) is 18.2 Å². The first-order chi connectivity index (χ1) is 8.06. The maximum atomic E-state index is 11.8. The fourth-order valence-corrected chi connectivity index (χ4v) is 1.92. The second-order valence-electron chi connectivity index (χ2n) is 4.58. The second-order valence-corrected chi connectivity index (χ2v) is 4.99. The molecule has 1 aliphatic carbocycles. The number of carbonyl (C=O) groups excluding carboxylic acids is 1. The van der Waals surface area contributed by atoms with Gasteiger partial charge >= 0.3 is 0 Å². The number of hydrogen-bond acceptors (Lipinski definition) is 3. The van der Waals surface area contributed by atoms with Crippen molar-refractivity contribution >= 4 is 23.2 Å². The van der Waals surface area contributed by atoms with Gasteiger partial charge < -0.3 is 16.2 Å². The zero-order valence-corrected chi connectivity index (χ0v) is 10.1. The lowest BCUT2D eigenvalue weighted by Crippen LogP contribution is -2.32. The summed E-state index contributed by atoms with van der Waals surface area (Å²) in [6.45, 7) is 0.603. The molecule has 0 aliphatic heterocycles. The van der Waals surface area contributed by atoms with Gasteiger partial charge in [0.05, 0.1) is 17.2 Å². The van der Waals surface area contributed by atoms with Crippen molar-refractivity contribution in [1.82, 2.24) is 5.32 Å². The Kier molecular flexibility index (Phi) is 3.26. The van der Waals surface area contributed by atoms with Crippen LogP contribution in [0.5, 0.6) is 0 Å². The number of halogens is 1. The number of nitrogens with two attached hydrogens (primary N) is 1. The van der Waals surface area contributed by atoms with E-state index in [9.17, 15) is 4.79 Å². The fraction of sp³-hybridized carbons (Fsp3) is 0.417. The van der Waals surface area contributed by atoms with Gasteiger partial charge in [0.25, 0.3) is 5.91 Å². The zero-order valence-electron chi connectivity index (χ0n) is 9.37. The topological polar surface area (TPSA) is 75.4 Å². The van der Waals surface area contributed by atoms with E-state index in [1.807, 2.05) is 0 Å². The molecule has 2 rings (SSSR count). The van der Waals surface area contributed by atoms with Crippen molar-refractivity contribution in [1.29, 1.82) is 0 Å². The van der Waals surface area contributed by atoms with E-state index in [4.69, 9.17) is 22.4 Å². The third-order valence-corrected chi connectivity index (χ3v) is 3.47. The number of aliphatic hydroxyl groups is 1. The molecule has 4 nitrogen and oxygen atoms in total. The summed E-state index contributed by atoms with van der Waals surface area (Å²) >= 11 is 5.93. The number of aliphatic hydroxyl groups excluding tert-OH is 1. The number of rotatable bonds is 4. The summed E-state index contributed by atoms with van der Waals surface area (Å²) in [5.74, 6) is -0.227. The van der Waals surface area contributed by atoms with Crippen LogP contribution in [0, 0.1) is 5.41 Å². The number of nitrogens with one attached hydrogen (secondary N) is 1. The van der Waals surface area contributed by atoms with Gasteiger partial charge in [-0.15, -0.1) is 0 Å². The first kappa shape index (κ1) is 12.2. The van der Waals surface area contributed by atoms with Gasteiger partial charge in [-0.2, -0.15) is 0 Å². The lowest BCUT2D eigenvalue weighted by molar-refractivity contribution is 0.0935. The quantitative estimate of drug-likeness (QED) is 0.712. The maximum absolute atomic E-state index is 11.8. The van der Waals surface area contributed by atoms with Crippen LogP contribution in [0.25, 0.3) is 0 Å². The van der Waals surface area contributed by atoms with Crippen LogP contribution in [0.15, 0.2) is 18.2 Å². The summed E-state index contributed by atoms with van der Waals surface area (Å²) in [7, 11) is 0. The van der Waals surface area contributed by atoms with Crippen LogP contribution in [0.2, 0.25) is 5.02 Å². The summed E-state index contributed by atoms with van der Waals surface area (Å²) in [6, 6.07) is 4.79. The summed E-state index contributed by atoms with van der Waals surface area (Å²) in [5, 5.41) is 12.3. The normalized spacial score (nSPS) is 16.6. The SMILES string of the molecule is Nc1ccc(C(=O)NCC2(CO)CC2)c(Cl)c1. The summed E-state index contributed by atoms with van der Waals surface area (Å²) < 4.78 is 0. The van der Waals surface area contributed by atoms with Crippen molar-refractivity contribution in [3.63, 3.8) is 0 Å². The average molecular weight is 255 g/mol. The first-order valence-electron chi connectivity index (χ1n) is 5.50. The van der Waals surface area contributed by atoms with Crippen LogP contribution in [0.1, 0.15) is 23.2 Å². The number of carbonyl (C=O) groups is 1. The minimum absolute atomic E-state index is 0.101. The molecule has 92 valence electrons. The van der Waals surface area contributed by atoms with E-state index in [2.05, 4.69) is 5.32 Å². The van der Waals surface area contributed by atoms with Crippen LogP contribution in [-0.2, 0) is 0 Å². The number of benzene rings is 1. The zero-order chi connectivity index (χ0) is 12.5. The van der Waals surface area contributed by atoms with E-state index in [1.165, 1.54) is 0 Å². The van der Waals surface area contributed by atoms with E-state index in [-0.39, 0.29) is 17.9 Å². The molecule has 0 spiro atoms. The molecule has 1 amide bonds. The molecule has 1 saturated carbocycles. The first-order valence-corrected chi connectivity index (χ1v) is 5.88. The van der Waals surface area contributed by atoms with Crippen molar-refractivity contribution in [2.75, 3.05) is 18.9 Å². The highest BCUT2D eigenvalue weighted by Gasteiger charge is 2.42. The molecule has 4 N–H and O–H groups in total. The number of amides is 1. The summed E-state index contributed by atoms with van der Waals surface area (Å²) in [5.41, 5.74) is 6.39. The van der Waals surface area contributed by atoms with E-state index in [0.29, 0.717) is 22.8 Å². The van der Waals surface area contributed by atoms with Gasteiger partial charge in [0.15, 0.2) is 0 Å². The van der Waals surface area contributed by atoms with Crippen LogP contribution >= 0.6 is 11.6 Å². The Hall–Kier alpha value is -1.26. The molecule has 0 unspecified atom stereocenters. The van der Waals surface area contributed by atoms with Gasteiger partial charge in [-0.1, -0.05) is 11.6 Å². The third-order valence-electron chi connectivity index (χ3n) is 3.15. The molecule has 5 heteroatoms. The van der Waals surface area contributed by atoms with E-state index in [0.717, 1.165) is 12.8 Å². The highest BCUT2D eigenvalue weighted by atomic mass is 35.5. The van der Waals surface area contributed by atoms with Crippen molar-refractivity contribution in [3.8, 4) is 0 Å². The van der Waals surface area contributed by atoms with Crippen molar-refractivity contribution < 1.29 is 9.90 Å². The Balaban J connectivity index is 2.00. The van der Waals surface area contributed by atoms with Gasteiger partial charge in [0.2, 0.25) is 0 Å². The number of nitrogen functional groups attached to an aromatic ring is 1. The predicted molar refractivity (Wildman–Crippen MR) is 67.0 cm³/mol. The standard InChI is InChI=1S/C12H15ClN2O2/c13-10-5-8(14)1-2-9(10)11(17)15-6-12(7-16)3-4-12/h1-2,5,16H,3-4,6-7,14H2,(H,15,17). The second kappa shape index (κ2) is 4.55. The van der Waals surface area contributed by atoms with Crippen LogP contribution in [-0.4, -0.2) is 24.2 Å². The molecule has 1 aromatic carbocycles. The van der Waals surface area contributed by atoms with Gasteiger partial charge in [0, 0.05) is 17.6 Å². The van der Waals surface area contributed by atoms with Crippen LogP contribution in [0.4, 0.5) is 5.69 Å². The molecule has 1 aromatic rings. The molecule has 1 aliphatic rings. The molecule has 0 heterocycles. The lowest BCUT2D eigenvalue weighted by Gasteiger charge is -2.13. The Bertz CT molecular complexity index is 444. The molecule has 0 radical (unpaired) electrons. The maximum Gasteiger partial charge on any atom is 0.252 e. The highest BCUT2D eigenvalue weighted by Crippen LogP contribution is 2.44. The minimum Gasteiger partial charge on any atom is -0.399 e. The predicted octanol–water partition coefficient (Wildman–Crippen LogP) is 1.42. The van der Waals surface area contributed by atoms with Crippen molar-refractivity contribution in [2.45, 2.75) is 12.8 Å². The smallest absolute Gasteiger partial charge is 0.252 e. The molecule has 0 atom stereocenters. The third kappa shape index (κ3) is 2.70. The Morgan fingerprint density at radius 2 is 2.24 bits per heavy atom. The average Bonchev–Trinajstić information content (AvgIpc) is 3.07. The largest absolute Gasteiger partial charge is 0.399 e. The van der Waals surface area contributed by atoms with E-state index < -0.39 is 0 Å². The Morgan fingerprint density at radius 1 is 1.53 bits per heavy atom. The van der Waals surface area contributed by atoms with Gasteiger partial charge in [-0.05, 0) is 31.0 Å². The number of hydrogen-bond donors (Lipinski definition) is 3. The highest BCUT2D eigenvalue weighted by molar-refractivity contribution is 6.34. The molecule has 0 saturated heterocycles.